The number of hydrogen-bond donors (Lipinski definition) is 1. The highest BCUT2D eigenvalue weighted by Gasteiger charge is 2.29. The minimum absolute atomic E-state index is 0.0368. The van der Waals surface area contributed by atoms with Crippen molar-refractivity contribution in [3.05, 3.63) is 82.6 Å². The second-order valence-electron chi connectivity index (χ2n) is 8.31. The van der Waals surface area contributed by atoms with Crippen LogP contribution in [0.25, 0.3) is 0 Å². The summed E-state index contributed by atoms with van der Waals surface area (Å²) in [5, 5.41) is 2.92. The van der Waals surface area contributed by atoms with E-state index in [4.69, 9.17) is 4.74 Å². The molecule has 33 heavy (non-hydrogen) atoms. The first-order valence-corrected chi connectivity index (χ1v) is 10.9. The Bertz CT molecular complexity index is 1220. The Hall–Kier alpha value is -3.81. The van der Waals surface area contributed by atoms with Gasteiger partial charge >= 0.3 is 0 Å². The molecule has 0 saturated heterocycles. The summed E-state index contributed by atoms with van der Waals surface area (Å²) in [6, 6.07) is 10.3. The molecule has 2 aromatic heterocycles. The van der Waals surface area contributed by atoms with Gasteiger partial charge in [-0.3, -0.25) is 19.5 Å². The molecule has 0 bridgehead atoms. The maximum atomic E-state index is 14.3. The van der Waals surface area contributed by atoms with Crippen LogP contribution in [0.5, 0.6) is 5.75 Å². The van der Waals surface area contributed by atoms with Gasteiger partial charge in [-0.1, -0.05) is 6.07 Å². The standard InChI is InChI=1S/C25H23FN4O3/c1-33-22-13-16-8-10-30(23-20(26)3-2-9-27-23)25(32)19(16)12-17(22)11-15-4-7-21(28-14-15)24(31)29-18-5-6-18/h2-4,7,9,12-14,18H,5-6,8,10-11H2,1H3,(H,29,31). The predicted molar refractivity (Wildman–Crippen MR) is 120 cm³/mol. The van der Waals surface area contributed by atoms with Crippen molar-refractivity contribution in [2.75, 3.05) is 18.6 Å². The van der Waals surface area contributed by atoms with Crippen molar-refractivity contribution >= 4 is 17.6 Å². The molecule has 3 heterocycles. The van der Waals surface area contributed by atoms with E-state index in [0.717, 1.165) is 29.5 Å². The van der Waals surface area contributed by atoms with Crippen molar-refractivity contribution in [3.8, 4) is 5.75 Å². The molecule has 2 amide bonds. The number of nitrogens with one attached hydrogen (secondary N) is 1. The first-order chi connectivity index (χ1) is 16.0. The summed E-state index contributed by atoms with van der Waals surface area (Å²) in [7, 11) is 1.59. The van der Waals surface area contributed by atoms with Crippen molar-refractivity contribution < 1.29 is 18.7 Å². The predicted octanol–water partition coefficient (Wildman–Crippen LogP) is 3.31. The summed E-state index contributed by atoms with van der Waals surface area (Å²) < 4.78 is 19.8. The summed E-state index contributed by atoms with van der Waals surface area (Å²) in [5.41, 5.74) is 3.44. The zero-order valence-corrected chi connectivity index (χ0v) is 18.2. The largest absolute Gasteiger partial charge is 0.496 e. The van der Waals surface area contributed by atoms with Gasteiger partial charge in [0.05, 0.1) is 7.11 Å². The lowest BCUT2D eigenvalue weighted by atomic mass is 9.93. The van der Waals surface area contributed by atoms with E-state index in [1.54, 1.807) is 25.4 Å². The third kappa shape index (κ3) is 4.28. The van der Waals surface area contributed by atoms with Crippen LogP contribution in [0.3, 0.4) is 0 Å². The summed E-state index contributed by atoms with van der Waals surface area (Å²) in [6.07, 6.45) is 6.22. The topological polar surface area (TPSA) is 84.4 Å². The Balaban J connectivity index is 1.40. The lowest BCUT2D eigenvalue weighted by Crippen LogP contribution is -2.38. The summed E-state index contributed by atoms with van der Waals surface area (Å²) >= 11 is 0. The zero-order valence-electron chi connectivity index (χ0n) is 18.2. The van der Waals surface area contributed by atoms with Crippen molar-refractivity contribution in [2.24, 2.45) is 0 Å². The lowest BCUT2D eigenvalue weighted by Gasteiger charge is -2.29. The van der Waals surface area contributed by atoms with Gasteiger partial charge in [0.2, 0.25) is 0 Å². The van der Waals surface area contributed by atoms with Crippen LogP contribution in [0.1, 0.15) is 50.4 Å². The molecule has 0 radical (unpaired) electrons. The number of fused-ring (bicyclic) bond motifs is 1. The summed E-state index contributed by atoms with van der Waals surface area (Å²) in [4.78, 5) is 35.1. The van der Waals surface area contributed by atoms with E-state index in [1.165, 1.54) is 23.2 Å². The fourth-order valence-electron chi connectivity index (χ4n) is 4.03. The Morgan fingerprint density at radius 2 is 2.09 bits per heavy atom. The summed E-state index contributed by atoms with van der Waals surface area (Å²) in [5.74, 6) is -0.268. The lowest BCUT2D eigenvalue weighted by molar-refractivity contribution is 0.0944. The first-order valence-electron chi connectivity index (χ1n) is 10.9. The smallest absolute Gasteiger partial charge is 0.270 e. The molecule has 1 aromatic carbocycles. The highest BCUT2D eigenvalue weighted by atomic mass is 19.1. The van der Waals surface area contributed by atoms with Crippen molar-refractivity contribution in [1.29, 1.82) is 0 Å². The van der Waals surface area contributed by atoms with Crippen LogP contribution < -0.4 is 15.0 Å². The molecule has 1 fully saturated rings. The molecule has 0 spiro atoms. The Labute approximate surface area is 190 Å². The van der Waals surface area contributed by atoms with Gasteiger partial charge in [0.15, 0.2) is 11.6 Å². The third-order valence-corrected chi connectivity index (χ3v) is 5.95. The average molecular weight is 446 g/mol. The van der Waals surface area contributed by atoms with Crippen LogP contribution in [0, 0.1) is 5.82 Å². The Kier molecular flexibility index (Phi) is 5.50. The average Bonchev–Trinajstić information content (AvgIpc) is 3.64. The highest BCUT2D eigenvalue weighted by molar-refractivity contribution is 6.08. The fraction of sp³-hybridized carbons (Fsp3) is 0.280. The number of pyridine rings is 2. The van der Waals surface area contributed by atoms with Crippen LogP contribution in [0.2, 0.25) is 0 Å². The van der Waals surface area contributed by atoms with Gasteiger partial charge in [0.25, 0.3) is 11.8 Å². The van der Waals surface area contributed by atoms with Crippen LogP contribution in [0.4, 0.5) is 10.2 Å². The number of nitrogens with zero attached hydrogens (tertiary/aromatic N) is 3. The second kappa shape index (κ2) is 8.61. The van der Waals surface area contributed by atoms with E-state index in [9.17, 15) is 14.0 Å². The van der Waals surface area contributed by atoms with E-state index in [1.807, 2.05) is 12.1 Å². The number of rotatable bonds is 6. The molecule has 2 aliphatic rings. The van der Waals surface area contributed by atoms with Gasteiger partial charge in [-0.15, -0.1) is 0 Å². The SMILES string of the molecule is COc1cc2c(cc1Cc1ccc(C(=O)NC3CC3)nc1)C(=O)N(c1ncccc1F)CC2. The molecule has 1 saturated carbocycles. The van der Waals surface area contributed by atoms with Gasteiger partial charge in [-0.25, -0.2) is 9.37 Å². The Morgan fingerprint density at radius 3 is 2.79 bits per heavy atom. The monoisotopic (exact) mass is 446 g/mol. The second-order valence-corrected chi connectivity index (χ2v) is 8.31. The number of methoxy groups -OCH3 is 1. The number of carbonyl (C=O) groups excluding carboxylic acids is 2. The third-order valence-electron chi connectivity index (χ3n) is 5.95. The number of benzene rings is 1. The van der Waals surface area contributed by atoms with Crippen LogP contribution in [-0.4, -0.2) is 41.5 Å². The van der Waals surface area contributed by atoms with Crippen LogP contribution in [0.15, 0.2) is 48.8 Å². The van der Waals surface area contributed by atoms with Crippen LogP contribution >= 0.6 is 0 Å². The van der Waals surface area contributed by atoms with E-state index < -0.39 is 5.82 Å². The molecule has 5 rings (SSSR count). The van der Waals surface area contributed by atoms with E-state index in [2.05, 4.69) is 15.3 Å². The normalized spacial score (nSPS) is 15.2. The molecule has 1 N–H and O–H groups in total. The molecule has 3 aromatic rings. The maximum Gasteiger partial charge on any atom is 0.270 e. The maximum absolute atomic E-state index is 14.3. The number of aromatic nitrogens is 2. The molecule has 1 aliphatic carbocycles. The molecule has 0 unspecified atom stereocenters. The minimum atomic E-state index is -0.528. The first kappa shape index (κ1) is 21.1. The van der Waals surface area contributed by atoms with Gasteiger partial charge < -0.3 is 10.1 Å². The zero-order chi connectivity index (χ0) is 22.9. The molecule has 8 heteroatoms. The van der Waals surface area contributed by atoms with Crippen molar-refractivity contribution in [2.45, 2.75) is 31.7 Å². The number of amides is 2. The number of anilines is 1. The molecule has 168 valence electrons. The molecular weight excluding hydrogens is 423 g/mol. The number of ether oxygens (including phenoxy) is 1. The minimum Gasteiger partial charge on any atom is -0.496 e. The van der Waals surface area contributed by atoms with E-state index in [-0.39, 0.29) is 23.7 Å². The van der Waals surface area contributed by atoms with Gasteiger partial charge in [-0.2, -0.15) is 0 Å². The van der Waals surface area contributed by atoms with Crippen molar-refractivity contribution in [3.63, 3.8) is 0 Å². The van der Waals surface area contributed by atoms with E-state index in [0.29, 0.717) is 36.4 Å². The van der Waals surface area contributed by atoms with E-state index >= 15 is 0 Å². The molecular formula is C25H23FN4O3. The number of halogens is 1. The highest BCUT2D eigenvalue weighted by Crippen LogP contribution is 2.31. The van der Waals surface area contributed by atoms with Gasteiger partial charge in [-0.05, 0) is 66.3 Å². The summed E-state index contributed by atoms with van der Waals surface area (Å²) in [6.45, 7) is 0.344. The number of hydrogen-bond acceptors (Lipinski definition) is 5. The quantitative estimate of drug-likeness (QED) is 0.628. The molecule has 1 aliphatic heterocycles. The molecule has 0 atom stereocenters. The van der Waals surface area contributed by atoms with Gasteiger partial charge in [0.1, 0.15) is 11.4 Å². The van der Waals surface area contributed by atoms with Crippen LogP contribution in [-0.2, 0) is 12.8 Å². The number of carbonyl (C=O) groups is 2. The Morgan fingerprint density at radius 1 is 1.24 bits per heavy atom. The van der Waals surface area contributed by atoms with Crippen molar-refractivity contribution in [1.82, 2.24) is 15.3 Å². The molecule has 7 nitrogen and oxygen atoms in total. The fourth-order valence-corrected chi connectivity index (χ4v) is 4.03. The van der Waals surface area contributed by atoms with Gasteiger partial charge in [0, 0.05) is 37.0 Å².